The van der Waals surface area contributed by atoms with Crippen LogP contribution in [0.2, 0.25) is 0 Å². The number of phenols is 1. The van der Waals surface area contributed by atoms with E-state index in [1.54, 1.807) is 12.1 Å². The molecule has 1 unspecified atom stereocenters. The predicted molar refractivity (Wildman–Crippen MR) is 217 cm³/mol. The van der Waals surface area contributed by atoms with Gasteiger partial charge in [-0.3, -0.25) is 9.59 Å². The van der Waals surface area contributed by atoms with Gasteiger partial charge in [0.05, 0.1) is 26.3 Å². The molecule has 3 aromatic rings. The number of aliphatic hydroxyl groups is 1. The third-order valence-electron chi connectivity index (χ3n) is 10.7. The van der Waals surface area contributed by atoms with Crippen molar-refractivity contribution in [3.8, 4) is 11.5 Å². The zero-order valence-electron chi connectivity index (χ0n) is 32.0. The molecule has 2 heterocycles. The first-order chi connectivity index (χ1) is 26.3. The van der Waals surface area contributed by atoms with Crippen molar-refractivity contribution in [2.24, 2.45) is 11.7 Å². The molecule has 0 aromatic heterocycles. The van der Waals surface area contributed by atoms with Crippen LogP contribution in [0, 0.1) is 5.92 Å². The molecule has 5 rings (SSSR count). The van der Waals surface area contributed by atoms with Crippen molar-refractivity contribution in [1.29, 1.82) is 0 Å². The van der Waals surface area contributed by atoms with Crippen LogP contribution in [0.15, 0.2) is 96.2 Å². The summed E-state index contributed by atoms with van der Waals surface area (Å²) < 4.78 is 5.42. The van der Waals surface area contributed by atoms with Crippen LogP contribution in [-0.4, -0.2) is 54.8 Å². The fraction of sp³-hybridized carbons (Fsp3) is 0.435. The van der Waals surface area contributed by atoms with Gasteiger partial charge in [0.1, 0.15) is 5.78 Å². The van der Waals surface area contributed by atoms with Crippen molar-refractivity contribution >= 4 is 17.1 Å². The summed E-state index contributed by atoms with van der Waals surface area (Å²) in [6.45, 7) is 1.83. The van der Waals surface area contributed by atoms with Gasteiger partial charge in [0.15, 0.2) is 17.3 Å². The van der Waals surface area contributed by atoms with Crippen molar-refractivity contribution in [2.75, 3.05) is 26.8 Å². The summed E-state index contributed by atoms with van der Waals surface area (Å²) in [6.07, 6.45) is 17.0. The van der Waals surface area contributed by atoms with Crippen LogP contribution in [0.1, 0.15) is 92.0 Å². The van der Waals surface area contributed by atoms with E-state index < -0.39 is 6.61 Å². The zero-order valence-corrected chi connectivity index (χ0v) is 32.0. The maximum Gasteiger partial charge on any atom is 0.163 e. The van der Waals surface area contributed by atoms with Crippen LogP contribution in [0.25, 0.3) is 5.57 Å². The minimum Gasteiger partial charge on any atom is -0.504 e. The Labute approximate surface area is 321 Å². The summed E-state index contributed by atoms with van der Waals surface area (Å²) in [5.41, 5.74) is 14.0. The lowest BCUT2D eigenvalue weighted by atomic mass is 9.88. The minimum absolute atomic E-state index is 0.0373. The standard InChI is InChI=1S/C46H59N3O5/c1-54-45-30-43(40(32-50)26-42(52)29-41(51)15-8-3-2-5-12-34-20-22-48-23-21-34)38(27-44(45)53)25-39-31-49-46(47)28-37(39)19-18-36-14-9-13-35(24-36)17-16-33-10-6-4-7-11-33/h4,6-7,9-11,13-14,24,26-28,30-31,34,46,48-50,53H,2-3,5,8,12,15-23,25,29,32,47H2,1H3. The normalized spacial score (nSPS) is 16.4. The van der Waals surface area contributed by atoms with Gasteiger partial charge in [0.25, 0.3) is 0 Å². The van der Waals surface area contributed by atoms with Crippen molar-refractivity contribution in [3.05, 3.63) is 124 Å². The highest BCUT2D eigenvalue weighted by atomic mass is 16.5. The topological polar surface area (TPSA) is 134 Å². The van der Waals surface area contributed by atoms with Gasteiger partial charge < -0.3 is 31.3 Å². The molecule has 3 aromatic carbocycles. The van der Waals surface area contributed by atoms with Crippen LogP contribution < -0.4 is 21.1 Å². The molecule has 1 saturated heterocycles. The van der Waals surface area contributed by atoms with E-state index in [1.807, 2.05) is 18.3 Å². The lowest BCUT2D eigenvalue weighted by Gasteiger charge is -2.23. The number of ether oxygens (including phenoxy) is 1. The fourth-order valence-corrected chi connectivity index (χ4v) is 7.66. The number of carbonyl (C=O) groups is 2. The van der Waals surface area contributed by atoms with Gasteiger partial charge in [-0.15, -0.1) is 0 Å². The molecule has 8 heteroatoms. The van der Waals surface area contributed by atoms with Crippen LogP contribution in [-0.2, 0) is 35.3 Å². The number of Topliss-reactive ketones (excluding diaryl/α,β-unsaturated/α-hetero) is 1. The molecule has 54 heavy (non-hydrogen) atoms. The summed E-state index contributed by atoms with van der Waals surface area (Å²) in [7, 11) is 1.46. The van der Waals surface area contributed by atoms with E-state index in [-0.39, 0.29) is 35.7 Å². The monoisotopic (exact) mass is 733 g/mol. The molecule has 0 spiro atoms. The second-order valence-corrected chi connectivity index (χ2v) is 14.9. The third kappa shape index (κ3) is 12.8. The quantitative estimate of drug-likeness (QED) is 0.0438. The molecular weight excluding hydrogens is 675 g/mol. The maximum atomic E-state index is 13.1. The first-order valence-corrected chi connectivity index (χ1v) is 19.8. The summed E-state index contributed by atoms with van der Waals surface area (Å²) in [5.74, 6) is 0.594. The Bertz CT molecular complexity index is 1770. The molecule has 0 radical (unpaired) electrons. The molecule has 6 N–H and O–H groups in total. The van der Waals surface area contributed by atoms with E-state index in [0.29, 0.717) is 24.0 Å². The number of benzene rings is 3. The molecule has 0 aliphatic carbocycles. The second-order valence-electron chi connectivity index (χ2n) is 14.9. The Balaban J connectivity index is 1.20. The first-order valence-electron chi connectivity index (χ1n) is 19.8. The van der Waals surface area contributed by atoms with Crippen LogP contribution >= 0.6 is 0 Å². The summed E-state index contributed by atoms with van der Waals surface area (Å²) in [6, 6.07) is 22.5. The van der Waals surface area contributed by atoms with Crippen molar-refractivity contribution in [1.82, 2.24) is 10.6 Å². The molecule has 1 fully saturated rings. The van der Waals surface area contributed by atoms with Crippen molar-refractivity contribution in [3.63, 3.8) is 0 Å². The Morgan fingerprint density at radius 2 is 1.57 bits per heavy atom. The number of aryl methyl sites for hydroxylation is 3. The van der Waals surface area contributed by atoms with E-state index in [1.165, 1.54) is 55.6 Å². The van der Waals surface area contributed by atoms with Crippen molar-refractivity contribution in [2.45, 2.75) is 96.1 Å². The molecule has 1 atom stereocenters. The van der Waals surface area contributed by atoms with Gasteiger partial charge in [0, 0.05) is 12.6 Å². The van der Waals surface area contributed by atoms with Gasteiger partial charge in [0.2, 0.25) is 0 Å². The molecule has 8 nitrogen and oxygen atoms in total. The second kappa shape index (κ2) is 21.4. The number of hydrogen-bond acceptors (Lipinski definition) is 8. The molecule has 2 aliphatic heterocycles. The highest BCUT2D eigenvalue weighted by molar-refractivity contribution is 6.07. The van der Waals surface area contributed by atoms with Gasteiger partial charge in [-0.2, -0.15) is 0 Å². The molecule has 2 aliphatic rings. The average Bonchev–Trinajstić information content (AvgIpc) is 3.18. The Hall–Kier alpha value is -4.50. The number of methoxy groups -OCH3 is 1. The molecule has 0 amide bonds. The highest BCUT2D eigenvalue weighted by Crippen LogP contribution is 2.36. The maximum absolute atomic E-state index is 13.1. The van der Waals surface area contributed by atoms with Gasteiger partial charge in [-0.05, 0) is 139 Å². The molecule has 0 bridgehead atoms. The Morgan fingerprint density at radius 1 is 0.870 bits per heavy atom. The number of unbranched alkanes of at least 4 members (excludes halogenated alkanes) is 3. The average molecular weight is 734 g/mol. The van der Waals surface area contributed by atoms with Crippen LogP contribution in [0.5, 0.6) is 11.5 Å². The summed E-state index contributed by atoms with van der Waals surface area (Å²) in [5, 5.41) is 27.9. The highest BCUT2D eigenvalue weighted by Gasteiger charge is 2.20. The number of aromatic hydroxyl groups is 1. The zero-order chi connectivity index (χ0) is 38.1. The van der Waals surface area contributed by atoms with Crippen LogP contribution in [0.4, 0.5) is 0 Å². The number of ketones is 2. The predicted octanol–water partition coefficient (Wildman–Crippen LogP) is 7.30. The number of carbonyl (C=O) groups excluding carboxylic acids is 2. The van der Waals surface area contributed by atoms with E-state index in [2.05, 4.69) is 59.2 Å². The number of hydrogen-bond donors (Lipinski definition) is 5. The van der Waals surface area contributed by atoms with Crippen LogP contribution in [0.3, 0.4) is 0 Å². The number of dihydropyridines is 1. The fourth-order valence-electron chi connectivity index (χ4n) is 7.66. The number of phenolic OH excluding ortho intramolecular Hbond substituents is 1. The number of allylic oxidation sites excluding steroid dienone is 3. The lowest BCUT2D eigenvalue weighted by Crippen LogP contribution is -2.35. The van der Waals surface area contributed by atoms with Crippen molar-refractivity contribution < 1.29 is 24.5 Å². The third-order valence-corrected chi connectivity index (χ3v) is 10.7. The Kier molecular flexibility index (Phi) is 16.1. The number of nitrogens with one attached hydrogen (secondary N) is 2. The Morgan fingerprint density at radius 3 is 2.31 bits per heavy atom. The van der Waals surface area contributed by atoms with Gasteiger partial charge in [-0.25, -0.2) is 0 Å². The van der Waals surface area contributed by atoms with E-state index in [0.717, 1.165) is 80.7 Å². The first kappa shape index (κ1) is 40.7. The summed E-state index contributed by atoms with van der Waals surface area (Å²) in [4.78, 5) is 25.9. The lowest BCUT2D eigenvalue weighted by molar-refractivity contribution is -0.124. The largest absolute Gasteiger partial charge is 0.504 e. The molecule has 288 valence electrons. The van der Waals surface area contributed by atoms with E-state index in [9.17, 15) is 19.8 Å². The SMILES string of the molecule is COc1cc(C(=CC(=O)CC(=O)CCCCCCC2CCNCC2)CO)c(CC2=CNC(N)C=C2CCc2cccc(CCc3ccccc3)c2)cc1O. The number of nitrogens with two attached hydrogens (primary N) is 1. The summed E-state index contributed by atoms with van der Waals surface area (Å²) >= 11 is 0. The smallest absolute Gasteiger partial charge is 0.163 e. The minimum atomic E-state index is -0.413. The van der Waals surface area contributed by atoms with Gasteiger partial charge in [-0.1, -0.05) is 80.3 Å². The molecular formula is C46H59N3O5. The number of aliphatic hydroxyl groups excluding tert-OH is 1. The van der Waals surface area contributed by atoms with Gasteiger partial charge >= 0.3 is 0 Å². The number of piperidine rings is 1. The van der Waals surface area contributed by atoms with E-state index in [4.69, 9.17) is 10.5 Å². The van der Waals surface area contributed by atoms with E-state index >= 15 is 0 Å². The number of rotatable bonds is 21. The molecule has 0 saturated carbocycles.